The molecule has 0 aliphatic carbocycles. The van der Waals surface area contributed by atoms with Crippen molar-refractivity contribution in [2.24, 2.45) is 0 Å². The van der Waals surface area contributed by atoms with E-state index in [-0.39, 0.29) is 12.7 Å². The molecule has 34 heavy (non-hydrogen) atoms. The van der Waals surface area contributed by atoms with Crippen molar-refractivity contribution in [3.05, 3.63) is 77.6 Å². The fourth-order valence-electron chi connectivity index (χ4n) is 3.91. The number of nitrogens with zero attached hydrogens (tertiary/aromatic N) is 2. The van der Waals surface area contributed by atoms with E-state index in [9.17, 15) is 9.59 Å². The first-order chi connectivity index (χ1) is 16.4. The quantitative estimate of drug-likeness (QED) is 0.506. The van der Waals surface area contributed by atoms with Crippen LogP contribution in [0.3, 0.4) is 0 Å². The monoisotopic (exact) mass is 460 g/mol. The SMILES string of the molecule is CCOC(=O)C1=C(C)NC(=O)N[C@@H]1c1cn(-c2ccccc2)nc1-c1ccc(OC(C)C)cc1. The second-order valence-corrected chi connectivity index (χ2v) is 8.19. The van der Waals surface area contributed by atoms with Gasteiger partial charge in [0.25, 0.3) is 0 Å². The number of rotatable bonds is 7. The van der Waals surface area contributed by atoms with Gasteiger partial charge in [0.05, 0.1) is 35.7 Å². The fraction of sp³-hybridized carbons (Fsp3) is 0.269. The normalized spacial score (nSPS) is 15.7. The van der Waals surface area contributed by atoms with E-state index in [1.165, 1.54) is 0 Å². The van der Waals surface area contributed by atoms with Crippen LogP contribution in [0, 0.1) is 0 Å². The predicted molar refractivity (Wildman–Crippen MR) is 129 cm³/mol. The van der Waals surface area contributed by atoms with Crippen LogP contribution in [0.4, 0.5) is 4.79 Å². The number of carbonyl (C=O) groups is 2. The van der Waals surface area contributed by atoms with Gasteiger partial charge in [-0.1, -0.05) is 18.2 Å². The molecule has 2 amide bonds. The van der Waals surface area contributed by atoms with Gasteiger partial charge in [-0.25, -0.2) is 14.3 Å². The maximum Gasteiger partial charge on any atom is 0.338 e. The highest BCUT2D eigenvalue weighted by Gasteiger charge is 2.35. The molecule has 2 heterocycles. The summed E-state index contributed by atoms with van der Waals surface area (Å²) >= 11 is 0. The molecule has 0 fully saturated rings. The highest BCUT2D eigenvalue weighted by atomic mass is 16.5. The van der Waals surface area contributed by atoms with Crippen molar-refractivity contribution in [1.82, 2.24) is 20.4 Å². The Hall–Kier alpha value is -4.07. The molecular formula is C26H28N4O4. The predicted octanol–water partition coefficient (Wildman–Crippen LogP) is 4.52. The Bertz CT molecular complexity index is 1210. The van der Waals surface area contributed by atoms with E-state index in [4.69, 9.17) is 14.6 Å². The third-order valence-electron chi connectivity index (χ3n) is 5.34. The van der Waals surface area contributed by atoms with Crippen LogP contribution >= 0.6 is 0 Å². The van der Waals surface area contributed by atoms with Crippen LogP contribution in [0.1, 0.15) is 39.3 Å². The van der Waals surface area contributed by atoms with Gasteiger partial charge < -0.3 is 20.1 Å². The Morgan fingerprint density at radius 3 is 2.47 bits per heavy atom. The first-order valence-electron chi connectivity index (χ1n) is 11.2. The van der Waals surface area contributed by atoms with E-state index in [0.717, 1.165) is 17.0 Å². The van der Waals surface area contributed by atoms with E-state index in [1.54, 1.807) is 18.5 Å². The Morgan fingerprint density at radius 1 is 1.12 bits per heavy atom. The van der Waals surface area contributed by atoms with Crippen molar-refractivity contribution in [2.75, 3.05) is 6.61 Å². The maximum atomic E-state index is 12.9. The third-order valence-corrected chi connectivity index (χ3v) is 5.34. The van der Waals surface area contributed by atoms with Gasteiger partial charge in [0.2, 0.25) is 0 Å². The number of esters is 1. The first-order valence-corrected chi connectivity index (χ1v) is 11.2. The molecule has 176 valence electrons. The molecule has 2 aromatic carbocycles. The molecular weight excluding hydrogens is 432 g/mol. The van der Waals surface area contributed by atoms with E-state index in [0.29, 0.717) is 22.5 Å². The van der Waals surface area contributed by atoms with Crippen LogP contribution in [0.15, 0.2) is 72.1 Å². The molecule has 0 radical (unpaired) electrons. The molecule has 3 aromatic rings. The number of hydrogen-bond acceptors (Lipinski definition) is 5. The molecule has 0 unspecified atom stereocenters. The van der Waals surface area contributed by atoms with E-state index in [1.807, 2.05) is 74.6 Å². The number of para-hydroxylation sites is 1. The van der Waals surface area contributed by atoms with Crippen molar-refractivity contribution in [3.8, 4) is 22.7 Å². The first kappa shape index (κ1) is 23.1. The zero-order valence-corrected chi connectivity index (χ0v) is 19.7. The molecule has 1 aliphatic rings. The van der Waals surface area contributed by atoms with Crippen molar-refractivity contribution < 1.29 is 19.1 Å². The lowest BCUT2D eigenvalue weighted by Crippen LogP contribution is -2.45. The van der Waals surface area contributed by atoms with Crippen LogP contribution < -0.4 is 15.4 Å². The molecule has 8 heteroatoms. The number of nitrogens with one attached hydrogen (secondary N) is 2. The minimum atomic E-state index is -0.730. The molecule has 0 spiro atoms. The lowest BCUT2D eigenvalue weighted by atomic mass is 9.94. The van der Waals surface area contributed by atoms with Crippen molar-refractivity contribution in [1.29, 1.82) is 0 Å². The van der Waals surface area contributed by atoms with E-state index < -0.39 is 18.0 Å². The number of benzene rings is 2. The summed E-state index contributed by atoms with van der Waals surface area (Å²) < 4.78 is 12.8. The number of hydrogen-bond donors (Lipinski definition) is 2. The average molecular weight is 461 g/mol. The Balaban J connectivity index is 1.85. The number of urea groups is 1. The molecule has 0 saturated heterocycles. The van der Waals surface area contributed by atoms with Crippen LogP contribution in [0.2, 0.25) is 0 Å². The fourth-order valence-corrected chi connectivity index (χ4v) is 3.91. The summed E-state index contributed by atoms with van der Waals surface area (Å²) in [6.07, 6.45) is 1.90. The standard InChI is InChI=1S/C26H28N4O4/c1-5-33-25(31)22-17(4)27-26(32)28-24(22)21-15-30(19-9-7-6-8-10-19)29-23(21)18-11-13-20(14-12-18)34-16(2)3/h6-16,24H,5H2,1-4H3,(H2,27,28,32)/t24-/m1/s1. The van der Waals surface area contributed by atoms with Crippen LogP contribution in [-0.2, 0) is 9.53 Å². The lowest BCUT2D eigenvalue weighted by Gasteiger charge is -2.27. The van der Waals surface area contributed by atoms with Crippen LogP contribution in [-0.4, -0.2) is 34.5 Å². The number of allylic oxidation sites excluding steroid dienone is 1. The summed E-state index contributed by atoms with van der Waals surface area (Å²) in [5, 5.41) is 10.4. The highest BCUT2D eigenvalue weighted by molar-refractivity contribution is 5.95. The van der Waals surface area contributed by atoms with Crippen LogP contribution in [0.5, 0.6) is 5.75 Å². The molecule has 2 N–H and O–H groups in total. The largest absolute Gasteiger partial charge is 0.491 e. The molecule has 8 nitrogen and oxygen atoms in total. The highest BCUT2D eigenvalue weighted by Crippen LogP contribution is 2.35. The Kier molecular flexibility index (Phi) is 6.67. The van der Waals surface area contributed by atoms with Crippen molar-refractivity contribution in [3.63, 3.8) is 0 Å². The van der Waals surface area contributed by atoms with Gasteiger partial charge in [-0.3, -0.25) is 0 Å². The molecule has 0 saturated carbocycles. The van der Waals surface area contributed by atoms with E-state index in [2.05, 4.69) is 10.6 Å². The number of ether oxygens (including phenoxy) is 2. The zero-order chi connectivity index (χ0) is 24.2. The third kappa shape index (κ3) is 4.80. The summed E-state index contributed by atoms with van der Waals surface area (Å²) in [4.78, 5) is 25.3. The molecule has 1 atom stereocenters. The molecule has 0 bridgehead atoms. The van der Waals surface area contributed by atoms with Gasteiger partial charge in [0.15, 0.2) is 0 Å². The minimum absolute atomic E-state index is 0.0592. The van der Waals surface area contributed by atoms with Crippen molar-refractivity contribution in [2.45, 2.75) is 39.8 Å². The Labute approximate surface area is 198 Å². The second kappa shape index (κ2) is 9.82. The molecule has 1 aromatic heterocycles. The van der Waals surface area contributed by atoms with Crippen molar-refractivity contribution >= 4 is 12.0 Å². The summed E-state index contributed by atoms with van der Waals surface area (Å²) in [7, 11) is 0. The summed E-state index contributed by atoms with van der Waals surface area (Å²) in [5.74, 6) is 0.262. The Morgan fingerprint density at radius 2 is 1.82 bits per heavy atom. The van der Waals surface area contributed by atoms with Gasteiger partial charge in [-0.15, -0.1) is 0 Å². The van der Waals surface area contributed by atoms with Gasteiger partial charge >= 0.3 is 12.0 Å². The number of aromatic nitrogens is 2. The second-order valence-electron chi connectivity index (χ2n) is 8.19. The summed E-state index contributed by atoms with van der Waals surface area (Å²) in [6.45, 7) is 7.61. The smallest absolute Gasteiger partial charge is 0.338 e. The lowest BCUT2D eigenvalue weighted by molar-refractivity contribution is -0.139. The number of carbonyl (C=O) groups excluding carboxylic acids is 2. The minimum Gasteiger partial charge on any atom is -0.491 e. The number of amides is 2. The van der Waals surface area contributed by atoms with Gasteiger partial charge in [0, 0.05) is 23.0 Å². The van der Waals surface area contributed by atoms with E-state index >= 15 is 0 Å². The van der Waals surface area contributed by atoms with Gasteiger partial charge in [-0.2, -0.15) is 5.10 Å². The zero-order valence-electron chi connectivity index (χ0n) is 19.7. The summed E-state index contributed by atoms with van der Waals surface area (Å²) in [6, 6.07) is 16.1. The van der Waals surface area contributed by atoms with Gasteiger partial charge in [-0.05, 0) is 64.1 Å². The molecule has 1 aliphatic heterocycles. The summed E-state index contributed by atoms with van der Waals surface area (Å²) in [5.41, 5.74) is 3.80. The average Bonchev–Trinajstić information content (AvgIpc) is 3.25. The maximum absolute atomic E-state index is 12.9. The van der Waals surface area contributed by atoms with Crippen LogP contribution in [0.25, 0.3) is 16.9 Å². The molecule has 4 rings (SSSR count). The topological polar surface area (TPSA) is 94.5 Å². The van der Waals surface area contributed by atoms with Gasteiger partial charge in [0.1, 0.15) is 5.75 Å².